The number of carbonyl (C=O) groups excluding carboxylic acids is 1. The summed E-state index contributed by atoms with van der Waals surface area (Å²) < 4.78 is 32.4. The van der Waals surface area contributed by atoms with Gasteiger partial charge in [0.1, 0.15) is 0 Å². The summed E-state index contributed by atoms with van der Waals surface area (Å²) in [6.45, 7) is 1.48. The molecule has 1 unspecified atom stereocenters. The molecule has 0 spiro atoms. The van der Waals surface area contributed by atoms with E-state index in [2.05, 4.69) is 5.32 Å². The molecule has 0 aromatic carbocycles. The van der Waals surface area contributed by atoms with Crippen LogP contribution in [0.5, 0.6) is 0 Å². The molecular weight excluding hydrogens is 302 g/mol. The lowest BCUT2D eigenvalue weighted by molar-refractivity contribution is -0.139. The minimum atomic E-state index is -3.55. The first-order valence-corrected chi connectivity index (χ1v) is 7.80. The molecule has 1 amide bonds. The zero-order valence-electron chi connectivity index (χ0n) is 11.9. The van der Waals surface area contributed by atoms with E-state index in [1.54, 1.807) is 0 Å². The van der Waals surface area contributed by atoms with Crippen LogP contribution in [0.1, 0.15) is 23.9 Å². The number of ether oxygens (including phenoxy) is 1. The monoisotopic (exact) mass is 319 g/mol. The van der Waals surface area contributed by atoms with Gasteiger partial charge in [0.15, 0.2) is 5.76 Å². The largest absolute Gasteiger partial charge is 0.481 e. The van der Waals surface area contributed by atoms with Crippen LogP contribution in [0.15, 0.2) is 21.6 Å². The molecule has 1 rings (SSSR count). The molecule has 0 bridgehead atoms. The molecule has 0 radical (unpaired) electrons. The average Bonchev–Trinajstić information content (AvgIpc) is 2.75. The van der Waals surface area contributed by atoms with Gasteiger partial charge in [-0.3, -0.25) is 9.59 Å². The molecule has 0 saturated heterocycles. The quantitative estimate of drug-likeness (QED) is 0.740. The Hall–Kier alpha value is -1.87. The highest BCUT2D eigenvalue weighted by Crippen LogP contribution is 2.16. The van der Waals surface area contributed by atoms with Crippen molar-refractivity contribution in [1.29, 1.82) is 0 Å². The number of methoxy groups -OCH3 is 1. The van der Waals surface area contributed by atoms with Crippen LogP contribution in [0.25, 0.3) is 0 Å². The predicted octanol–water partition coefficient (Wildman–Crippen LogP) is 0.293. The molecule has 0 aliphatic rings. The van der Waals surface area contributed by atoms with Crippen molar-refractivity contribution < 1.29 is 32.3 Å². The topological polar surface area (TPSA) is 123 Å². The number of carboxylic acid groups (broad SMARTS) is 1. The highest BCUT2D eigenvalue weighted by atomic mass is 32.2. The molecule has 0 saturated carbocycles. The summed E-state index contributed by atoms with van der Waals surface area (Å²) in [6.07, 6.45) is 0.596. The lowest BCUT2D eigenvalue weighted by Crippen LogP contribution is -2.50. The Labute approximate surface area is 122 Å². The van der Waals surface area contributed by atoms with E-state index in [1.165, 1.54) is 20.1 Å². The molecule has 1 aromatic rings. The molecule has 1 atom stereocenters. The molecule has 8 nitrogen and oxygen atoms in total. The Morgan fingerprint density at radius 1 is 1.43 bits per heavy atom. The van der Waals surface area contributed by atoms with Crippen LogP contribution in [0.3, 0.4) is 0 Å². The summed E-state index contributed by atoms with van der Waals surface area (Å²) in [5, 5.41) is 11.0. The fourth-order valence-corrected chi connectivity index (χ4v) is 2.32. The van der Waals surface area contributed by atoms with E-state index in [-0.39, 0.29) is 23.9 Å². The van der Waals surface area contributed by atoms with Crippen molar-refractivity contribution in [2.75, 3.05) is 20.0 Å². The van der Waals surface area contributed by atoms with Gasteiger partial charge in [0, 0.05) is 13.4 Å². The maximum Gasteiger partial charge on any atom is 0.305 e. The van der Waals surface area contributed by atoms with Crippen molar-refractivity contribution in [3.05, 3.63) is 17.9 Å². The molecule has 0 aliphatic carbocycles. The van der Waals surface area contributed by atoms with Crippen molar-refractivity contribution in [2.24, 2.45) is 0 Å². The van der Waals surface area contributed by atoms with Gasteiger partial charge >= 0.3 is 5.97 Å². The third-order valence-electron chi connectivity index (χ3n) is 2.59. The molecule has 0 aliphatic heterocycles. The van der Waals surface area contributed by atoms with E-state index in [9.17, 15) is 18.0 Å². The second kappa shape index (κ2) is 6.27. The van der Waals surface area contributed by atoms with E-state index >= 15 is 0 Å². The molecule has 1 aromatic heterocycles. The Morgan fingerprint density at radius 3 is 2.48 bits per heavy atom. The van der Waals surface area contributed by atoms with E-state index in [4.69, 9.17) is 14.3 Å². The van der Waals surface area contributed by atoms with Gasteiger partial charge in [-0.05, 0) is 19.1 Å². The van der Waals surface area contributed by atoms with Crippen molar-refractivity contribution in [2.45, 2.75) is 24.0 Å². The zero-order valence-corrected chi connectivity index (χ0v) is 12.7. The average molecular weight is 319 g/mol. The summed E-state index contributed by atoms with van der Waals surface area (Å²) in [5.41, 5.74) is -1.14. The number of carbonyl (C=O) groups is 2. The van der Waals surface area contributed by atoms with Crippen molar-refractivity contribution in [1.82, 2.24) is 5.32 Å². The number of furan rings is 1. The van der Waals surface area contributed by atoms with Gasteiger partial charge in [-0.1, -0.05) is 0 Å². The number of hydrogen-bond acceptors (Lipinski definition) is 6. The number of hydrogen-bond donors (Lipinski definition) is 2. The molecule has 118 valence electrons. The molecule has 9 heteroatoms. The maximum atomic E-state index is 12.0. The fraction of sp³-hybridized carbons (Fsp3) is 0.500. The van der Waals surface area contributed by atoms with Gasteiger partial charge in [0.25, 0.3) is 5.91 Å². The summed E-state index contributed by atoms with van der Waals surface area (Å²) in [7, 11) is -2.18. The van der Waals surface area contributed by atoms with Crippen LogP contribution in [0.4, 0.5) is 0 Å². The van der Waals surface area contributed by atoms with Gasteiger partial charge in [-0.25, -0.2) is 8.42 Å². The van der Waals surface area contributed by atoms with Crippen molar-refractivity contribution in [3.8, 4) is 0 Å². The number of nitrogens with one attached hydrogen (secondary N) is 1. The molecule has 1 heterocycles. The van der Waals surface area contributed by atoms with E-state index in [0.717, 1.165) is 12.3 Å². The molecular formula is C12H17NO7S. The van der Waals surface area contributed by atoms with Crippen molar-refractivity contribution in [3.63, 3.8) is 0 Å². The second-order valence-electron chi connectivity index (χ2n) is 4.91. The molecule has 0 fully saturated rings. The van der Waals surface area contributed by atoms with Gasteiger partial charge in [0.05, 0.1) is 18.6 Å². The van der Waals surface area contributed by atoms with Gasteiger partial charge in [-0.15, -0.1) is 0 Å². The molecule has 21 heavy (non-hydrogen) atoms. The summed E-state index contributed by atoms with van der Waals surface area (Å²) in [6, 6.07) is 2.37. The number of carboxylic acids is 1. The first-order chi connectivity index (χ1) is 9.57. The minimum Gasteiger partial charge on any atom is -0.481 e. The summed E-state index contributed by atoms with van der Waals surface area (Å²) in [5.74, 6) is -2.04. The van der Waals surface area contributed by atoms with E-state index in [0.29, 0.717) is 0 Å². The Balaban J connectivity index is 2.92. The number of sulfone groups is 1. The van der Waals surface area contributed by atoms with Crippen LogP contribution < -0.4 is 5.32 Å². The SMILES string of the molecule is COCC(C)(CC(=O)O)NC(=O)c1ccc(S(C)(=O)=O)o1. The van der Waals surface area contributed by atoms with Crippen LogP contribution in [-0.2, 0) is 19.4 Å². The fourth-order valence-electron chi connectivity index (χ4n) is 1.76. The Morgan fingerprint density at radius 2 is 2.05 bits per heavy atom. The third kappa shape index (κ3) is 4.87. The standard InChI is InChI=1S/C12H17NO7S/c1-12(7-19-2,6-9(14)15)13-11(16)8-4-5-10(20-8)21(3,17)18/h4-5H,6-7H2,1-3H3,(H,13,16)(H,14,15). The Kier molecular flexibility index (Phi) is 5.13. The van der Waals surface area contributed by atoms with Gasteiger partial charge in [-0.2, -0.15) is 0 Å². The first kappa shape index (κ1) is 17.2. The highest BCUT2D eigenvalue weighted by molar-refractivity contribution is 7.90. The van der Waals surface area contributed by atoms with Gasteiger partial charge < -0.3 is 19.6 Å². The third-order valence-corrected chi connectivity index (χ3v) is 3.54. The number of aliphatic carboxylic acids is 1. The first-order valence-electron chi connectivity index (χ1n) is 5.90. The van der Waals surface area contributed by atoms with Crippen LogP contribution in [0.2, 0.25) is 0 Å². The summed E-state index contributed by atoms with van der Waals surface area (Å²) in [4.78, 5) is 22.8. The van der Waals surface area contributed by atoms with Gasteiger partial charge in [0.2, 0.25) is 14.9 Å². The molecule has 2 N–H and O–H groups in total. The number of amides is 1. The van der Waals surface area contributed by atoms with E-state index < -0.39 is 27.3 Å². The smallest absolute Gasteiger partial charge is 0.305 e. The maximum absolute atomic E-state index is 12.0. The Bertz CT molecular complexity index is 634. The zero-order chi connectivity index (χ0) is 16.3. The predicted molar refractivity (Wildman–Crippen MR) is 71.8 cm³/mol. The lowest BCUT2D eigenvalue weighted by atomic mass is 9.99. The lowest BCUT2D eigenvalue weighted by Gasteiger charge is -2.27. The van der Waals surface area contributed by atoms with Crippen LogP contribution in [-0.4, -0.2) is 50.9 Å². The highest BCUT2D eigenvalue weighted by Gasteiger charge is 2.31. The van der Waals surface area contributed by atoms with Crippen LogP contribution in [0, 0.1) is 0 Å². The van der Waals surface area contributed by atoms with Crippen LogP contribution >= 0.6 is 0 Å². The number of rotatable bonds is 7. The summed E-state index contributed by atoms with van der Waals surface area (Å²) >= 11 is 0. The normalized spacial score (nSPS) is 14.4. The second-order valence-corrected chi connectivity index (χ2v) is 6.86. The van der Waals surface area contributed by atoms with Crippen molar-refractivity contribution >= 4 is 21.7 Å². The minimum absolute atomic E-state index is 0.0231. The van der Waals surface area contributed by atoms with E-state index in [1.807, 2.05) is 0 Å².